The molecule has 0 saturated heterocycles. The third-order valence-electron chi connectivity index (χ3n) is 5.14. The van der Waals surface area contributed by atoms with Crippen molar-refractivity contribution in [3.63, 3.8) is 0 Å². The van der Waals surface area contributed by atoms with E-state index in [-0.39, 0.29) is 35.4 Å². The molecule has 0 bridgehead atoms. The molecule has 0 radical (unpaired) electrons. The Bertz CT molecular complexity index is 899. The Kier molecular flexibility index (Phi) is 7.84. The van der Waals surface area contributed by atoms with Crippen molar-refractivity contribution in [3.8, 4) is 11.5 Å². The highest BCUT2D eigenvalue weighted by Crippen LogP contribution is 2.48. The van der Waals surface area contributed by atoms with E-state index in [0.717, 1.165) is 24.5 Å². The van der Waals surface area contributed by atoms with Crippen molar-refractivity contribution in [2.45, 2.75) is 31.0 Å². The van der Waals surface area contributed by atoms with Crippen molar-refractivity contribution in [2.24, 2.45) is 10.7 Å². The molecule has 0 spiro atoms. The van der Waals surface area contributed by atoms with Crippen molar-refractivity contribution >= 4 is 29.9 Å². The molecule has 30 heavy (non-hydrogen) atoms. The second-order valence-corrected chi connectivity index (χ2v) is 7.10. The van der Waals surface area contributed by atoms with Crippen LogP contribution in [-0.4, -0.2) is 26.7 Å². The van der Waals surface area contributed by atoms with E-state index in [1.165, 1.54) is 12.1 Å². The first kappa shape index (κ1) is 24.1. The van der Waals surface area contributed by atoms with Crippen LogP contribution in [0.1, 0.15) is 29.5 Å². The Morgan fingerprint density at radius 3 is 2.40 bits per heavy atom. The molecule has 0 aliphatic heterocycles. The summed E-state index contributed by atoms with van der Waals surface area (Å²) in [5.41, 5.74) is 6.57. The van der Waals surface area contributed by atoms with Crippen molar-refractivity contribution < 1.29 is 22.6 Å². The van der Waals surface area contributed by atoms with Gasteiger partial charge in [-0.05, 0) is 42.2 Å². The summed E-state index contributed by atoms with van der Waals surface area (Å²) in [5.74, 6) is 1.48. The summed E-state index contributed by atoms with van der Waals surface area (Å²) in [4.78, 5) is 4.31. The highest BCUT2D eigenvalue weighted by molar-refractivity contribution is 14.0. The van der Waals surface area contributed by atoms with Crippen LogP contribution in [0.25, 0.3) is 0 Å². The Balaban J connectivity index is 0.00000320. The molecule has 1 aliphatic carbocycles. The van der Waals surface area contributed by atoms with E-state index >= 15 is 0 Å². The molecule has 0 heterocycles. The number of hydrogen-bond donors (Lipinski definition) is 2. The molecule has 1 saturated carbocycles. The van der Waals surface area contributed by atoms with E-state index in [4.69, 9.17) is 15.2 Å². The predicted octanol–water partition coefficient (Wildman–Crippen LogP) is 4.48. The summed E-state index contributed by atoms with van der Waals surface area (Å²) in [6.45, 7) is 0.783. The number of methoxy groups -OCH3 is 2. The van der Waals surface area contributed by atoms with Gasteiger partial charge in [0, 0.05) is 12.0 Å². The van der Waals surface area contributed by atoms with Gasteiger partial charge >= 0.3 is 6.18 Å². The van der Waals surface area contributed by atoms with E-state index < -0.39 is 11.7 Å². The van der Waals surface area contributed by atoms with Crippen molar-refractivity contribution in [3.05, 3.63) is 59.2 Å². The fourth-order valence-corrected chi connectivity index (χ4v) is 3.21. The lowest BCUT2D eigenvalue weighted by Gasteiger charge is -2.18. The summed E-state index contributed by atoms with van der Waals surface area (Å²) in [5, 5.41) is 3.05. The van der Waals surface area contributed by atoms with Gasteiger partial charge in [0.2, 0.25) is 0 Å². The van der Waals surface area contributed by atoms with Crippen LogP contribution in [0.4, 0.5) is 13.2 Å². The third kappa shape index (κ3) is 5.71. The smallest absolute Gasteiger partial charge is 0.416 e. The van der Waals surface area contributed by atoms with E-state index in [0.29, 0.717) is 30.2 Å². The van der Waals surface area contributed by atoms with Gasteiger partial charge in [-0.3, -0.25) is 0 Å². The molecule has 0 atom stereocenters. The van der Waals surface area contributed by atoms with E-state index in [1.807, 2.05) is 12.1 Å². The topological polar surface area (TPSA) is 68.9 Å². The van der Waals surface area contributed by atoms with Crippen LogP contribution in [0.15, 0.2) is 47.5 Å². The lowest BCUT2D eigenvalue weighted by molar-refractivity contribution is -0.137. The van der Waals surface area contributed by atoms with Gasteiger partial charge in [0.1, 0.15) is 0 Å². The average molecular weight is 535 g/mol. The average Bonchev–Trinajstić information content (AvgIpc) is 3.51. The molecule has 3 N–H and O–H groups in total. The third-order valence-corrected chi connectivity index (χ3v) is 5.14. The first-order valence-electron chi connectivity index (χ1n) is 9.20. The quantitative estimate of drug-likeness (QED) is 0.312. The first-order valence-corrected chi connectivity index (χ1v) is 9.20. The fraction of sp³-hybridized carbons (Fsp3) is 0.381. The number of hydrogen-bond acceptors (Lipinski definition) is 3. The van der Waals surface area contributed by atoms with Crippen LogP contribution in [0.3, 0.4) is 0 Å². The summed E-state index contributed by atoms with van der Waals surface area (Å²) in [7, 11) is 3.12. The largest absolute Gasteiger partial charge is 0.493 e. The van der Waals surface area contributed by atoms with Crippen LogP contribution in [0.2, 0.25) is 0 Å². The van der Waals surface area contributed by atoms with E-state index in [2.05, 4.69) is 10.3 Å². The minimum absolute atomic E-state index is 0. The molecule has 164 valence electrons. The Labute approximate surface area is 190 Å². The van der Waals surface area contributed by atoms with Crippen LogP contribution in [0.5, 0.6) is 11.5 Å². The zero-order valence-corrected chi connectivity index (χ0v) is 19.1. The van der Waals surface area contributed by atoms with Crippen LogP contribution < -0.4 is 20.5 Å². The zero-order chi connectivity index (χ0) is 21.1. The van der Waals surface area contributed by atoms with Crippen molar-refractivity contribution in [1.82, 2.24) is 5.32 Å². The monoisotopic (exact) mass is 535 g/mol. The second-order valence-electron chi connectivity index (χ2n) is 7.10. The summed E-state index contributed by atoms with van der Waals surface area (Å²) < 4.78 is 49.4. The molecule has 0 unspecified atom stereocenters. The summed E-state index contributed by atoms with van der Waals surface area (Å²) >= 11 is 0. The van der Waals surface area contributed by atoms with Gasteiger partial charge in [-0.1, -0.05) is 24.3 Å². The van der Waals surface area contributed by atoms with Gasteiger partial charge in [0.25, 0.3) is 0 Å². The molecule has 0 aromatic heterocycles. The molecule has 2 aromatic rings. The maximum Gasteiger partial charge on any atom is 0.416 e. The Morgan fingerprint density at radius 1 is 1.10 bits per heavy atom. The van der Waals surface area contributed by atoms with Crippen LogP contribution in [0, 0.1) is 0 Å². The normalized spacial score (nSPS) is 15.2. The number of aliphatic imine (C=N–C) groups is 1. The Hall–Kier alpha value is -2.17. The minimum Gasteiger partial charge on any atom is -0.493 e. The zero-order valence-electron chi connectivity index (χ0n) is 16.8. The number of rotatable bonds is 7. The summed E-state index contributed by atoms with van der Waals surface area (Å²) in [6, 6.07) is 11.0. The standard InChI is InChI=1S/C21H24F3N3O2.HI/c1-28-17-7-6-14(10-18(17)29-2)12-26-19(25)27-13-20(8-9-20)15-4-3-5-16(11-15)21(22,23)24;/h3-7,10-11H,8-9,12-13H2,1-2H3,(H3,25,26,27);1H. The number of guanidine groups is 1. The number of halogens is 4. The van der Waals surface area contributed by atoms with Crippen molar-refractivity contribution in [2.75, 3.05) is 20.8 Å². The SMILES string of the molecule is COc1ccc(CN=C(N)NCC2(c3cccc(C(F)(F)F)c3)CC2)cc1OC.I. The maximum absolute atomic E-state index is 13.0. The summed E-state index contributed by atoms with van der Waals surface area (Å²) in [6.07, 6.45) is -2.73. The lowest BCUT2D eigenvalue weighted by Crippen LogP contribution is -2.37. The highest BCUT2D eigenvalue weighted by atomic mass is 127. The fourth-order valence-electron chi connectivity index (χ4n) is 3.21. The minimum atomic E-state index is -4.35. The van der Waals surface area contributed by atoms with Crippen LogP contribution in [-0.2, 0) is 18.1 Å². The molecule has 1 aliphatic rings. The van der Waals surface area contributed by atoms with Gasteiger partial charge in [-0.15, -0.1) is 24.0 Å². The highest BCUT2D eigenvalue weighted by Gasteiger charge is 2.45. The molecule has 3 rings (SSSR count). The maximum atomic E-state index is 13.0. The molecule has 9 heteroatoms. The number of ether oxygens (including phenoxy) is 2. The molecule has 1 fully saturated rings. The van der Waals surface area contributed by atoms with Gasteiger partial charge in [0.15, 0.2) is 17.5 Å². The number of nitrogens with zero attached hydrogens (tertiary/aromatic N) is 1. The number of nitrogens with two attached hydrogens (primary N) is 1. The van der Waals surface area contributed by atoms with Gasteiger partial charge in [0.05, 0.1) is 26.3 Å². The molecule has 5 nitrogen and oxygen atoms in total. The lowest BCUT2D eigenvalue weighted by atomic mass is 9.94. The number of alkyl halides is 3. The van der Waals surface area contributed by atoms with Gasteiger partial charge in [-0.25, -0.2) is 4.99 Å². The molecular weight excluding hydrogens is 510 g/mol. The van der Waals surface area contributed by atoms with E-state index in [1.54, 1.807) is 26.4 Å². The van der Waals surface area contributed by atoms with Gasteiger partial charge < -0.3 is 20.5 Å². The molecule has 0 amide bonds. The first-order chi connectivity index (χ1) is 13.8. The van der Waals surface area contributed by atoms with E-state index in [9.17, 15) is 13.2 Å². The molecule has 2 aromatic carbocycles. The Morgan fingerprint density at radius 2 is 1.80 bits per heavy atom. The predicted molar refractivity (Wildman–Crippen MR) is 121 cm³/mol. The molecular formula is C21H25F3IN3O2. The van der Waals surface area contributed by atoms with Crippen LogP contribution >= 0.6 is 24.0 Å². The van der Waals surface area contributed by atoms with Crippen molar-refractivity contribution in [1.29, 1.82) is 0 Å². The number of nitrogens with one attached hydrogen (secondary N) is 1. The second kappa shape index (κ2) is 9.76. The number of benzene rings is 2. The van der Waals surface area contributed by atoms with Gasteiger partial charge in [-0.2, -0.15) is 13.2 Å².